The van der Waals surface area contributed by atoms with Crippen molar-refractivity contribution in [3.05, 3.63) is 59.7 Å². The van der Waals surface area contributed by atoms with Gasteiger partial charge in [-0.1, -0.05) is 48.5 Å². The second-order valence-electron chi connectivity index (χ2n) is 8.68. The van der Waals surface area contributed by atoms with Crippen molar-refractivity contribution in [1.29, 1.82) is 0 Å². The number of ether oxygens (including phenoxy) is 5. The highest BCUT2D eigenvalue weighted by atomic mass is 16.6. The summed E-state index contributed by atoms with van der Waals surface area (Å²) in [5.74, 6) is -2.03. The van der Waals surface area contributed by atoms with Gasteiger partial charge in [0.2, 0.25) is 0 Å². The monoisotopic (exact) mass is 545 g/mol. The third-order valence-electron chi connectivity index (χ3n) is 6.02. The average molecular weight is 546 g/mol. The maximum atomic E-state index is 12.6. The molecule has 1 unspecified atom stereocenters. The highest BCUT2D eigenvalue weighted by Crippen LogP contribution is 2.44. The quantitative estimate of drug-likeness (QED) is 0.188. The smallest absolute Gasteiger partial charge is 0.407 e. The molecule has 11 nitrogen and oxygen atoms in total. The first kappa shape index (κ1) is 30.0. The number of hydrogen-bond acceptors (Lipinski definition) is 9. The molecule has 39 heavy (non-hydrogen) atoms. The van der Waals surface area contributed by atoms with Crippen molar-refractivity contribution in [3.8, 4) is 11.1 Å². The highest BCUT2D eigenvalue weighted by Gasteiger charge is 2.30. The molecule has 0 aliphatic heterocycles. The zero-order valence-electron chi connectivity index (χ0n) is 21.7. The molecule has 11 heteroatoms. The Labute approximate surface area is 227 Å². The zero-order valence-corrected chi connectivity index (χ0v) is 21.7. The topological polar surface area (TPSA) is 150 Å². The van der Waals surface area contributed by atoms with E-state index >= 15 is 0 Å². The van der Waals surface area contributed by atoms with E-state index in [0.29, 0.717) is 19.8 Å². The number of carbonyl (C=O) groups excluding carboxylic acids is 2. The first-order chi connectivity index (χ1) is 19.0. The van der Waals surface area contributed by atoms with E-state index in [4.69, 9.17) is 33.9 Å². The van der Waals surface area contributed by atoms with Gasteiger partial charge in [0.1, 0.15) is 19.3 Å². The maximum absolute atomic E-state index is 12.6. The van der Waals surface area contributed by atoms with Gasteiger partial charge in [0, 0.05) is 12.3 Å². The standard InChI is InChI=1S/C28H35NO10/c30-11-12-35-13-14-36-15-16-37-17-18-38-27(33)25(9-10-26(31)32)29-28(34)39-19-24-22-7-3-1-5-20(22)21-6-2-4-8-23(21)24/h1-8,24-25,30H,9-19H2,(H,29,34)(H,31,32). The fraction of sp³-hybridized carbons (Fsp3) is 0.464. The van der Waals surface area contributed by atoms with Crippen LogP contribution < -0.4 is 5.32 Å². The molecular weight excluding hydrogens is 510 g/mol. The number of fused-ring (bicyclic) bond motifs is 3. The third-order valence-corrected chi connectivity index (χ3v) is 6.02. The molecule has 0 fully saturated rings. The minimum absolute atomic E-state index is 0.0415. The van der Waals surface area contributed by atoms with Crippen LogP contribution in [0.4, 0.5) is 4.79 Å². The Morgan fingerprint density at radius 3 is 1.87 bits per heavy atom. The van der Waals surface area contributed by atoms with E-state index in [0.717, 1.165) is 22.3 Å². The Hall–Kier alpha value is -3.51. The van der Waals surface area contributed by atoms with Gasteiger partial charge in [-0.05, 0) is 28.7 Å². The lowest BCUT2D eigenvalue weighted by molar-refractivity contribution is -0.148. The lowest BCUT2D eigenvalue weighted by Crippen LogP contribution is -2.43. The second-order valence-corrected chi connectivity index (χ2v) is 8.68. The lowest BCUT2D eigenvalue weighted by atomic mass is 9.98. The molecule has 3 N–H and O–H groups in total. The Balaban J connectivity index is 1.42. The van der Waals surface area contributed by atoms with Crippen LogP contribution in [0.25, 0.3) is 11.1 Å². The number of nitrogens with one attached hydrogen (secondary N) is 1. The van der Waals surface area contributed by atoms with Crippen molar-refractivity contribution >= 4 is 18.0 Å². The van der Waals surface area contributed by atoms with Gasteiger partial charge < -0.3 is 39.2 Å². The molecule has 2 aromatic carbocycles. The minimum atomic E-state index is -1.18. The van der Waals surface area contributed by atoms with Gasteiger partial charge in [0.25, 0.3) is 0 Å². The number of aliphatic carboxylic acids is 1. The molecule has 0 saturated heterocycles. The summed E-state index contributed by atoms with van der Waals surface area (Å²) >= 11 is 0. The lowest BCUT2D eigenvalue weighted by Gasteiger charge is -2.19. The molecule has 1 atom stereocenters. The van der Waals surface area contributed by atoms with Crippen molar-refractivity contribution in [2.75, 3.05) is 59.5 Å². The summed E-state index contributed by atoms with van der Waals surface area (Å²) in [7, 11) is 0. The van der Waals surface area contributed by atoms with Crippen LogP contribution in [0.3, 0.4) is 0 Å². The van der Waals surface area contributed by atoms with Crippen LogP contribution in [0.1, 0.15) is 29.9 Å². The second kappa shape index (κ2) is 16.5. The summed E-state index contributed by atoms with van der Waals surface area (Å²) in [6.07, 6.45) is -1.31. The first-order valence-electron chi connectivity index (χ1n) is 12.8. The molecule has 0 saturated carbocycles. The molecule has 1 amide bonds. The predicted molar refractivity (Wildman–Crippen MR) is 139 cm³/mol. The largest absolute Gasteiger partial charge is 0.481 e. The molecule has 0 heterocycles. The van der Waals surface area contributed by atoms with Gasteiger partial charge in [-0.3, -0.25) is 4.79 Å². The molecule has 3 rings (SSSR count). The van der Waals surface area contributed by atoms with E-state index in [1.54, 1.807) is 0 Å². The highest BCUT2D eigenvalue weighted by molar-refractivity contribution is 5.82. The number of benzene rings is 2. The van der Waals surface area contributed by atoms with Gasteiger partial charge in [-0.25, -0.2) is 9.59 Å². The van der Waals surface area contributed by atoms with Crippen LogP contribution in [-0.4, -0.2) is 93.7 Å². The number of carboxylic acids is 1. The normalized spacial score (nSPS) is 12.8. The van der Waals surface area contributed by atoms with Crippen molar-refractivity contribution in [1.82, 2.24) is 5.32 Å². The number of aliphatic hydroxyl groups is 1. The van der Waals surface area contributed by atoms with Crippen molar-refractivity contribution < 1.29 is 48.3 Å². The fourth-order valence-electron chi connectivity index (χ4n) is 4.21. The third kappa shape index (κ3) is 9.63. The van der Waals surface area contributed by atoms with Crippen molar-refractivity contribution in [3.63, 3.8) is 0 Å². The summed E-state index contributed by atoms with van der Waals surface area (Å²) in [4.78, 5) is 36.2. The zero-order chi connectivity index (χ0) is 27.9. The number of aliphatic hydroxyl groups excluding tert-OH is 1. The van der Waals surface area contributed by atoms with E-state index in [1.807, 2.05) is 48.5 Å². The fourth-order valence-corrected chi connectivity index (χ4v) is 4.21. The SMILES string of the molecule is O=C(O)CCC(NC(=O)OCC1c2ccccc2-c2ccccc21)C(=O)OCCOCCOCCOCCO. The molecule has 0 bridgehead atoms. The van der Waals surface area contributed by atoms with Crippen LogP contribution in [0.2, 0.25) is 0 Å². The molecule has 1 aliphatic carbocycles. The number of amides is 1. The summed E-state index contributed by atoms with van der Waals surface area (Å²) in [5.41, 5.74) is 4.28. The van der Waals surface area contributed by atoms with Crippen LogP contribution in [0.15, 0.2) is 48.5 Å². The molecule has 0 radical (unpaired) electrons. The van der Waals surface area contributed by atoms with Gasteiger partial charge in [0.05, 0.1) is 46.2 Å². The summed E-state index contributed by atoms with van der Waals surface area (Å²) in [5, 5.41) is 20.1. The summed E-state index contributed by atoms with van der Waals surface area (Å²) in [6.45, 7) is 1.64. The number of carboxylic acid groups (broad SMARTS) is 1. The number of rotatable bonds is 18. The maximum Gasteiger partial charge on any atom is 0.407 e. The van der Waals surface area contributed by atoms with Crippen LogP contribution in [0, 0.1) is 0 Å². The number of carbonyl (C=O) groups is 3. The van der Waals surface area contributed by atoms with Crippen molar-refractivity contribution in [2.45, 2.75) is 24.8 Å². The predicted octanol–water partition coefficient (Wildman–Crippen LogP) is 2.34. The first-order valence-corrected chi connectivity index (χ1v) is 12.8. The Morgan fingerprint density at radius 2 is 1.31 bits per heavy atom. The molecule has 0 spiro atoms. The average Bonchev–Trinajstić information content (AvgIpc) is 3.26. The molecular formula is C28H35NO10. The van der Waals surface area contributed by atoms with E-state index in [9.17, 15) is 14.4 Å². The molecule has 212 valence electrons. The number of esters is 1. The van der Waals surface area contributed by atoms with E-state index in [-0.39, 0.29) is 58.4 Å². The van der Waals surface area contributed by atoms with E-state index in [2.05, 4.69) is 5.32 Å². The number of alkyl carbamates (subject to hydrolysis) is 1. The van der Waals surface area contributed by atoms with Gasteiger partial charge in [0.15, 0.2) is 0 Å². The summed E-state index contributed by atoms with van der Waals surface area (Å²) < 4.78 is 26.3. The minimum Gasteiger partial charge on any atom is -0.481 e. The molecule has 2 aromatic rings. The van der Waals surface area contributed by atoms with Gasteiger partial charge in [-0.15, -0.1) is 0 Å². The van der Waals surface area contributed by atoms with E-state index in [1.165, 1.54) is 0 Å². The Kier molecular flexibility index (Phi) is 12.7. The Morgan fingerprint density at radius 1 is 0.769 bits per heavy atom. The summed E-state index contributed by atoms with van der Waals surface area (Å²) in [6, 6.07) is 14.6. The van der Waals surface area contributed by atoms with Crippen LogP contribution in [-0.2, 0) is 33.3 Å². The number of hydrogen-bond donors (Lipinski definition) is 3. The van der Waals surface area contributed by atoms with Gasteiger partial charge >= 0.3 is 18.0 Å². The van der Waals surface area contributed by atoms with Crippen LogP contribution in [0.5, 0.6) is 0 Å². The Bertz CT molecular complexity index is 1030. The molecule has 1 aliphatic rings. The van der Waals surface area contributed by atoms with Gasteiger partial charge in [-0.2, -0.15) is 0 Å². The van der Waals surface area contributed by atoms with E-state index < -0.39 is 24.1 Å². The van der Waals surface area contributed by atoms with Crippen molar-refractivity contribution in [2.24, 2.45) is 0 Å². The molecule has 0 aromatic heterocycles. The van der Waals surface area contributed by atoms with Crippen LogP contribution >= 0.6 is 0 Å².